The molecule has 0 amide bonds. The van der Waals surface area contributed by atoms with E-state index in [1.54, 1.807) is 0 Å². The fourth-order valence-corrected chi connectivity index (χ4v) is 2.62. The summed E-state index contributed by atoms with van der Waals surface area (Å²) in [4.78, 5) is 4.55. The van der Waals surface area contributed by atoms with E-state index in [-0.39, 0.29) is 6.10 Å². The molecule has 3 aromatic rings. The molecule has 1 atom stereocenters. The summed E-state index contributed by atoms with van der Waals surface area (Å²) in [6.07, 6.45) is 2.88. The predicted octanol–water partition coefficient (Wildman–Crippen LogP) is 3.91. The van der Waals surface area contributed by atoms with E-state index in [1.165, 1.54) is 16.3 Å². The Hall–Kier alpha value is -2.35. The van der Waals surface area contributed by atoms with Crippen LogP contribution in [0.25, 0.3) is 10.8 Å². The standard InChI is InChI=1S/C17H13NO/c1-2-7-14-11-18-15(9-12(14)5-1)17-10-13-6-3-4-8-16(13)19-17/h1-9,11,17H,10H2. The van der Waals surface area contributed by atoms with Crippen LogP contribution in [0, 0.1) is 0 Å². The Kier molecular flexibility index (Phi) is 2.27. The number of fused-ring (bicyclic) bond motifs is 2. The first kappa shape index (κ1) is 10.6. The van der Waals surface area contributed by atoms with Crippen LogP contribution in [-0.2, 0) is 6.42 Å². The zero-order valence-electron chi connectivity index (χ0n) is 10.4. The Morgan fingerprint density at radius 1 is 0.947 bits per heavy atom. The summed E-state index contributed by atoms with van der Waals surface area (Å²) in [7, 11) is 0. The van der Waals surface area contributed by atoms with Crippen molar-refractivity contribution in [3.63, 3.8) is 0 Å². The number of pyridine rings is 1. The van der Waals surface area contributed by atoms with Crippen LogP contribution in [-0.4, -0.2) is 4.98 Å². The predicted molar refractivity (Wildman–Crippen MR) is 75.3 cm³/mol. The molecule has 2 heteroatoms. The second-order valence-corrected chi connectivity index (χ2v) is 4.87. The van der Waals surface area contributed by atoms with E-state index in [0.29, 0.717) is 0 Å². The van der Waals surface area contributed by atoms with Crippen molar-refractivity contribution < 1.29 is 4.74 Å². The summed E-state index contributed by atoms with van der Waals surface area (Å²) in [6, 6.07) is 18.6. The lowest BCUT2D eigenvalue weighted by molar-refractivity contribution is 0.233. The van der Waals surface area contributed by atoms with E-state index in [9.17, 15) is 0 Å². The highest BCUT2D eigenvalue weighted by Crippen LogP contribution is 2.36. The van der Waals surface area contributed by atoms with E-state index in [4.69, 9.17) is 4.74 Å². The zero-order valence-corrected chi connectivity index (χ0v) is 10.4. The topological polar surface area (TPSA) is 22.1 Å². The maximum Gasteiger partial charge on any atom is 0.145 e. The Morgan fingerprint density at radius 3 is 2.63 bits per heavy atom. The van der Waals surface area contributed by atoms with Gasteiger partial charge in [0.2, 0.25) is 0 Å². The monoisotopic (exact) mass is 247 g/mol. The van der Waals surface area contributed by atoms with Crippen LogP contribution in [0.1, 0.15) is 17.4 Å². The van der Waals surface area contributed by atoms with Gasteiger partial charge in [-0.05, 0) is 23.1 Å². The van der Waals surface area contributed by atoms with Crippen LogP contribution >= 0.6 is 0 Å². The minimum absolute atomic E-state index is 0.0435. The number of benzene rings is 2. The molecule has 0 radical (unpaired) electrons. The fourth-order valence-electron chi connectivity index (χ4n) is 2.62. The Labute approximate surface area is 111 Å². The Morgan fingerprint density at radius 2 is 1.74 bits per heavy atom. The molecule has 2 heterocycles. The lowest BCUT2D eigenvalue weighted by Crippen LogP contribution is -2.05. The summed E-state index contributed by atoms with van der Waals surface area (Å²) >= 11 is 0. The number of aromatic nitrogens is 1. The summed E-state index contributed by atoms with van der Waals surface area (Å²) in [5.41, 5.74) is 2.28. The van der Waals surface area contributed by atoms with Gasteiger partial charge < -0.3 is 4.74 Å². The molecule has 92 valence electrons. The van der Waals surface area contributed by atoms with Crippen LogP contribution in [0.4, 0.5) is 0 Å². The smallest absolute Gasteiger partial charge is 0.145 e. The average molecular weight is 247 g/mol. The summed E-state index contributed by atoms with van der Waals surface area (Å²) in [5.74, 6) is 0.988. The molecule has 1 unspecified atom stereocenters. The van der Waals surface area contributed by atoms with Gasteiger partial charge in [0, 0.05) is 18.0 Å². The van der Waals surface area contributed by atoms with Crippen molar-refractivity contribution in [2.75, 3.05) is 0 Å². The van der Waals surface area contributed by atoms with E-state index < -0.39 is 0 Å². The van der Waals surface area contributed by atoms with Crippen LogP contribution < -0.4 is 4.74 Å². The van der Waals surface area contributed by atoms with Crippen LogP contribution in [0.15, 0.2) is 60.8 Å². The van der Waals surface area contributed by atoms with Gasteiger partial charge in [-0.1, -0.05) is 42.5 Å². The van der Waals surface area contributed by atoms with Crippen molar-refractivity contribution in [2.24, 2.45) is 0 Å². The molecule has 2 aromatic carbocycles. The number of hydrogen-bond acceptors (Lipinski definition) is 2. The third kappa shape index (κ3) is 1.76. The first-order valence-electron chi connectivity index (χ1n) is 6.49. The van der Waals surface area contributed by atoms with Crippen LogP contribution in [0.3, 0.4) is 0 Å². The van der Waals surface area contributed by atoms with Crippen molar-refractivity contribution in [3.8, 4) is 5.75 Å². The van der Waals surface area contributed by atoms with Crippen molar-refractivity contribution in [1.29, 1.82) is 0 Å². The zero-order chi connectivity index (χ0) is 12.7. The first-order chi connectivity index (χ1) is 9.40. The number of nitrogens with zero attached hydrogens (tertiary/aromatic N) is 1. The maximum absolute atomic E-state index is 5.98. The molecule has 0 fully saturated rings. The number of rotatable bonds is 1. The molecule has 0 aliphatic carbocycles. The van der Waals surface area contributed by atoms with Crippen LogP contribution in [0.2, 0.25) is 0 Å². The van der Waals surface area contributed by atoms with Gasteiger partial charge in [0.05, 0.1) is 5.69 Å². The number of hydrogen-bond donors (Lipinski definition) is 0. The van der Waals surface area contributed by atoms with E-state index in [0.717, 1.165) is 17.9 Å². The average Bonchev–Trinajstić information content (AvgIpc) is 2.90. The first-order valence-corrected chi connectivity index (χ1v) is 6.49. The van der Waals surface area contributed by atoms with Gasteiger partial charge >= 0.3 is 0 Å². The molecule has 1 aliphatic heterocycles. The Balaban J connectivity index is 1.73. The van der Waals surface area contributed by atoms with Crippen molar-refractivity contribution in [1.82, 2.24) is 4.98 Å². The van der Waals surface area contributed by atoms with Crippen molar-refractivity contribution in [2.45, 2.75) is 12.5 Å². The van der Waals surface area contributed by atoms with Gasteiger partial charge in [-0.3, -0.25) is 4.98 Å². The van der Waals surface area contributed by atoms with Gasteiger partial charge in [0.25, 0.3) is 0 Å². The number of para-hydroxylation sites is 1. The van der Waals surface area contributed by atoms with Crippen molar-refractivity contribution >= 4 is 10.8 Å². The van der Waals surface area contributed by atoms with Gasteiger partial charge in [0.1, 0.15) is 11.9 Å². The molecule has 0 saturated heterocycles. The van der Waals surface area contributed by atoms with Gasteiger partial charge in [-0.2, -0.15) is 0 Å². The maximum atomic E-state index is 5.98. The molecular formula is C17H13NO. The molecule has 0 saturated carbocycles. The summed E-state index contributed by atoms with van der Waals surface area (Å²) in [6.45, 7) is 0. The molecule has 4 rings (SSSR count). The third-order valence-electron chi connectivity index (χ3n) is 3.63. The molecule has 1 aliphatic rings. The lowest BCUT2D eigenvalue weighted by atomic mass is 10.1. The van der Waals surface area contributed by atoms with E-state index in [2.05, 4.69) is 41.4 Å². The lowest BCUT2D eigenvalue weighted by Gasteiger charge is -2.10. The molecule has 0 bridgehead atoms. The normalized spacial score (nSPS) is 17.2. The molecule has 0 spiro atoms. The minimum Gasteiger partial charge on any atom is -0.483 e. The van der Waals surface area contributed by atoms with E-state index in [1.807, 2.05) is 24.4 Å². The van der Waals surface area contributed by atoms with Gasteiger partial charge in [-0.15, -0.1) is 0 Å². The van der Waals surface area contributed by atoms with Gasteiger partial charge in [-0.25, -0.2) is 0 Å². The summed E-state index contributed by atoms with van der Waals surface area (Å²) < 4.78 is 5.98. The second-order valence-electron chi connectivity index (χ2n) is 4.87. The molecular weight excluding hydrogens is 234 g/mol. The van der Waals surface area contributed by atoms with Crippen LogP contribution in [0.5, 0.6) is 5.75 Å². The SMILES string of the molecule is c1ccc2c(c1)CC(c1cc3ccccc3cn1)O2. The molecule has 2 nitrogen and oxygen atoms in total. The molecule has 0 N–H and O–H groups in total. The number of ether oxygens (including phenoxy) is 1. The quantitative estimate of drug-likeness (QED) is 0.650. The third-order valence-corrected chi connectivity index (χ3v) is 3.63. The summed E-state index contributed by atoms with van der Waals surface area (Å²) in [5, 5.41) is 2.38. The molecule has 1 aromatic heterocycles. The van der Waals surface area contributed by atoms with Crippen molar-refractivity contribution in [3.05, 3.63) is 72.1 Å². The largest absolute Gasteiger partial charge is 0.483 e. The highest BCUT2D eigenvalue weighted by molar-refractivity contribution is 5.81. The highest BCUT2D eigenvalue weighted by Gasteiger charge is 2.24. The fraction of sp³-hybridized carbons (Fsp3) is 0.118. The highest BCUT2D eigenvalue weighted by atomic mass is 16.5. The molecule has 19 heavy (non-hydrogen) atoms. The second kappa shape index (κ2) is 4.09. The minimum atomic E-state index is 0.0435. The van der Waals surface area contributed by atoms with Gasteiger partial charge in [0.15, 0.2) is 0 Å². The Bertz CT molecular complexity index is 726. The van der Waals surface area contributed by atoms with E-state index >= 15 is 0 Å².